The molecule has 0 unspecified atom stereocenters. The summed E-state index contributed by atoms with van der Waals surface area (Å²) in [7, 11) is 0. The highest BCUT2D eigenvalue weighted by Gasteiger charge is 2.20. The first-order valence-corrected chi connectivity index (χ1v) is 10.8. The molecule has 4 aromatic rings. The van der Waals surface area contributed by atoms with Crippen LogP contribution in [0.5, 0.6) is 11.5 Å². The van der Waals surface area contributed by atoms with Gasteiger partial charge in [-0.1, -0.05) is 41.6 Å². The van der Waals surface area contributed by atoms with E-state index in [1.165, 1.54) is 11.8 Å². The molecule has 6 nitrogen and oxygen atoms in total. The van der Waals surface area contributed by atoms with Crippen molar-refractivity contribution in [2.75, 3.05) is 0 Å². The van der Waals surface area contributed by atoms with E-state index in [9.17, 15) is 4.79 Å². The van der Waals surface area contributed by atoms with Crippen molar-refractivity contribution in [3.63, 3.8) is 0 Å². The van der Waals surface area contributed by atoms with Crippen LogP contribution in [0.2, 0.25) is 5.02 Å². The molecular weight excluding hydrogens is 432 g/mol. The first-order valence-electron chi connectivity index (χ1n) is 9.52. The molecule has 0 saturated heterocycles. The lowest BCUT2D eigenvalue weighted by molar-refractivity contribution is -0.117. The number of thioether (sulfide) groups is 1. The summed E-state index contributed by atoms with van der Waals surface area (Å²) >= 11 is 7.29. The number of benzene rings is 3. The zero-order chi connectivity index (χ0) is 21.8. The van der Waals surface area contributed by atoms with E-state index >= 15 is 0 Å². The molecule has 156 valence electrons. The van der Waals surface area contributed by atoms with E-state index in [1.54, 1.807) is 19.1 Å². The molecule has 1 aromatic heterocycles. The largest absolute Gasteiger partial charge is 0.457 e. The predicted octanol–water partition coefficient (Wildman–Crippen LogP) is 5.35. The molecule has 0 spiro atoms. The van der Waals surface area contributed by atoms with Crippen molar-refractivity contribution in [3.05, 3.63) is 83.9 Å². The van der Waals surface area contributed by atoms with Gasteiger partial charge in [0.2, 0.25) is 5.91 Å². The molecule has 3 aromatic carbocycles. The molecule has 0 bridgehead atoms. The highest BCUT2D eigenvalue weighted by molar-refractivity contribution is 8.00. The van der Waals surface area contributed by atoms with Crippen LogP contribution >= 0.6 is 23.4 Å². The Morgan fingerprint density at radius 1 is 0.968 bits per heavy atom. The van der Waals surface area contributed by atoms with Gasteiger partial charge in [0.15, 0.2) is 11.0 Å². The zero-order valence-corrected chi connectivity index (χ0v) is 18.2. The molecule has 1 heterocycles. The van der Waals surface area contributed by atoms with Gasteiger partial charge in [-0.3, -0.25) is 9.36 Å². The first-order chi connectivity index (χ1) is 15.0. The molecule has 0 fully saturated rings. The molecule has 0 aliphatic heterocycles. The molecule has 0 aliphatic carbocycles. The maximum Gasteiger partial charge on any atom is 0.230 e. The van der Waals surface area contributed by atoms with Gasteiger partial charge in [-0.15, -0.1) is 10.2 Å². The average Bonchev–Trinajstić information content (AvgIpc) is 3.19. The number of primary amides is 1. The highest BCUT2D eigenvalue weighted by atomic mass is 35.5. The standard InChI is InChI=1S/C23H19ClN4O2S/c1-15(21(25)29)31-23-27-26-22(16-7-9-17(24)10-8-16)28(23)18-11-13-20(14-12-18)30-19-5-3-2-4-6-19/h2-15H,1H3,(H2,25,29)/t15-/m1/s1. The van der Waals surface area contributed by atoms with Crippen molar-refractivity contribution in [2.45, 2.75) is 17.3 Å². The van der Waals surface area contributed by atoms with Crippen molar-refractivity contribution in [2.24, 2.45) is 5.73 Å². The van der Waals surface area contributed by atoms with Crippen LogP contribution < -0.4 is 10.5 Å². The molecule has 0 saturated carbocycles. The van der Waals surface area contributed by atoms with E-state index in [0.717, 1.165) is 17.0 Å². The SMILES string of the molecule is C[C@@H](Sc1nnc(-c2ccc(Cl)cc2)n1-c1ccc(Oc2ccccc2)cc1)C(N)=O. The third-order valence-electron chi connectivity index (χ3n) is 4.49. The van der Waals surface area contributed by atoms with E-state index in [-0.39, 0.29) is 0 Å². The van der Waals surface area contributed by atoms with Crippen molar-refractivity contribution in [3.8, 4) is 28.6 Å². The third kappa shape index (κ3) is 4.90. The van der Waals surface area contributed by atoms with Gasteiger partial charge in [-0.2, -0.15) is 0 Å². The second kappa shape index (κ2) is 9.24. The Labute approximate surface area is 189 Å². The number of amides is 1. The van der Waals surface area contributed by atoms with Gasteiger partial charge < -0.3 is 10.5 Å². The van der Waals surface area contributed by atoms with Gasteiger partial charge in [-0.05, 0) is 67.6 Å². The first kappa shape index (κ1) is 21.0. The summed E-state index contributed by atoms with van der Waals surface area (Å²) in [5.41, 5.74) is 7.13. The fourth-order valence-electron chi connectivity index (χ4n) is 2.87. The van der Waals surface area contributed by atoms with E-state index < -0.39 is 11.2 Å². The number of halogens is 1. The Bertz CT molecular complexity index is 1180. The molecule has 8 heteroatoms. The zero-order valence-electron chi connectivity index (χ0n) is 16.6. The summed E-state index contributed by atoms with van der Waals surface area (Å²) in [4.78, 5) is 11.6. The van der Waals surface area contributed by atoms with Crippen LogP contribution in [0.25, 0.3) is 17.1 Å². The van der Waals surface area contributed by atoms with Gasteiger partial charge in [0.1, 0.15) is 11.5 Å². The molecule has 4 rings (SSSR count). The lowest BCUT2D eigenvalue weighted by Gasteiger charge is -2.13. The van der Waals surface area contributed by atoms with Crippen molar-refractivity contribution < 1.29 is 9.53 Å². The second-order valence-electron chi connectivity index (χ2n) is 6.72. The van der Waals surface area contributed by atoms with Crippen molar-refractivity contribution in [1.29, 1.82) is 0 Å². The number of aromatic nitrogens is 3. The topological polar surface area (TPSA) is 83.0 Å². The fourth-order valence-corrected chi connectivity index (χ4v) is 3.81. The smallest absolute Gasteiger partial charge is 0.230 e. The van der Waals surface area contributed by atoms with Gasteiger partial charge in [0.25, 0.3) is 0 Å². The Kier molecular flexibility index (Phi) is 6.25. The Balaban J connectivity index is 1.71. The minimum absolute atomic E-state index is 0.417. The maximum absolute atomic E-state index is 11.6. The lowest BCUT2D eigenvalue weighted by atomic mass is 10.2. The summed E-state index contributed by atoms with van der Waals surface area (Å²) in [6.07, 6.45) is 0. The number of carbonyl (C=O) groups is 1. The van der Waals surface area contributed by atoms with Crippen LogP contribution in [0.1, 0.15) is 6.92 Å². The Morgan fingerprint density at radius 3 is 2.26 bits per heavy atom. The number of ether oxygens (including phenoxy) is 1. The quantitative estimate of drug-likeness (QED) is 0.384. The molecule has 0 aliphatic rings. The molecule has 1 atom stereocenters. The van der Waals surface area contributed by atoms with Crippen LogP contribution in [0, 0.1) is 0 Å². The van der Waals surface area contributed by atoms with E-state index in [0.29, 0.717) is 21.8 Å². The number of nitrogens with two attached hydrogens (primary N) is 1. The van der Waals surface area contributed by atoms with Crippen LogP contribution in [0.3, 0.4) is 0 Å². The number of para-hydroxylation sites is 1. The number of rotatable bonds is 7. The normalized spacial score (nSPS) is 11.8. The second-order valence-corrected chi connectivity index (χ2v) is 8.46. The monoisotopic (exact) mass is 450 g/mol. The lowest BCUT2D eigenvalue weighted by Crippen LogP contribution is -2.23. The molecule has 0 radical (unpaired) electrons. The third-order valence-corrected chi connectivity index (χ3v) is 5.81. The van der Waals surface area contributed by atoms with Gasteiger partial charge in [-0.25, -0.2) is 0 Å². The number of hydrogen-bond donors (Lipinski definition) is 1. The summed E-state index contributed by atoms with van der Waals surface area (Å²) in [5.74, 6) is 1.68. The van der Waals surface area contributed by atoms with Crippen molar-refractivity contribution >= 4 is 29.3 Å². The van der Waals surface area contributed by atoms with E-state index in [2.05, 4.69) is 10.2 Å². The summed E-state index contributed by atoms with van der Waals surface area (Å²) in [6, 6.07) is 24.5. The van der Waals surface area contributed by atoms with Gasteiger partial charge in [0.05, 0.1) is 5.25 Å². The number of carbonyl (C=O) groups excluding carboxylic acids is 1. The predicted molar refractivity (Wildman–Crippen MR) is 123 cm³/mol. The summed E-state index contributed by atoms with van der Waals surface area (Å²) in [6.45, 7) is 1.74. The minimum Gasteiger partial charge on any atom is -0.457 e. The molecular formula is C23H19ClN4O2S. The van der Waals surface area contributed by atoms with Crippen LogP contribution in [-0.2, 0) is 4.79 Å². The molecule has 1 amide bonds. The van der Waals surface area contributed by atoms with Crippen LogP contribution in [0.4, 0.5) is 0 Å². The maximum atomic E-state index is 11.6. The van der Waals surface area contributed by atoms with E-state index in [4.69, 9.17) is 22.1 Å². The van der Waals surface area contributed by atoms with Crippen molar-refractivity contribution in [1.82, 2.24) is 14.8 Å². The van der Waals surface area contributed by atoms with Gasteiger partial charge in [0, 0.05) is 16.3 Å². The summed E-state index contributed by atoms with van der Waals surface area (Å²) in [5, 5.41) is 9.41. The number of nitrogens with zero attached hydrogens (tertiary/aromatic N) is 3. The van der Waals surface area contributed by atoms with Crippen LogP contribution in [0.15, 0.2) is 84.0 Å². The van der Waals surface area contributed by atoms with E-state index in [1.807, 2.05) is 71.3 Å². The van der Waals surface area contributed by atoms with Gasteiger partial charge >= 0.3 is 0 Å². The molecule has 2 N–H and O–H groups in total. The number of hydrogen-bond acceptors (Lipinski definition) is 5. The van der Waals surface area contributed by atoms with Crippen LogP contribution in [-0.4, -0.2) is 25.9 Å². The molecule has 31 heavy (non-hydrogen) atoms. The average molecular weight is 451 g/mol. The Hall–Kier alpha value is -3.29. The summed E-state index contributed by atoms with van der Waals surface area (Å²) < 4.78 is 7.77. The Morgan fingerprint density at radius 2 is 1.61 bits per heavy atom. The highest BCUT2D eigenvalue weighted by Crippen LogP contribution is 2.31. The fraction of sp³-hybridized carbons (Fsp3) is 0.0870. The minimum atomic E-state index is -0.457.